The first kappa shape index (κ1) is 9.00. The number of carboxylic acid groups (broad SMARTS) is 1. The standard InChI is InChI=1S/C12H12O2/c1-8-3-2-4-9-5-6-10(12(8)9)7-11(13)14/h2-6,10H,7H2,1H3,(H,13,14). The number of hydrogen-bond acceptors (Lipinski definition) is 1. The van der Waals surface area contributed by atoms with E-state index in [0.29, 0.717) is 0 Å². The lowest BCUT2D eigenvalue weighted by molar-refractivity contribution is -0.137. The van der Waals surface area contributed by atoms with Crippen LogP contribution in [0.1, 0.15) is 29.0 Å². The van der Waals surface area contributed by atoms with E-state index in [1.807, 2.05) is 37.3 Å². The minimum Gasteiger partial charge on any atom is -0.481 e. The van der Waals surface area contributed by atoms with Gasteiger partial charge < -0.3 is 5.11 Å². The number of rotatable bonds is 2. The van der Waals surface area contributed by atoms with E-state index >= 15 is 0 Å². The molecule has 0 bridgehead atoms. The highest BCUT2D eigenvalue weighted by Crippen LogP contribution is 2.34. The molecule has 0 fully saturated rings. The van der Waals surface area contributed by atoms with Crippen molar-refractivity contribution in [1.82, 2.24) is 0 Å². The van der Waals surface area contributed by atoms with Gasteiger partial charge in [-0.05, 0) is 23.6 Å². The van der Waals surface area contributed by atoms with Gasteiger partial charge in [0.25, 0.3) is 0 Å². The average molecular weight is 188 g/mol. The molecule has 0 amide bonds. The van der Waals surface area contributed by atoms with Crippen LogP contribution in [0.15, 0.2) is 24.3 Å². The molecular formula is C12H12O2. The fourth-order valence-corrected chi connectivity index (χ4v) is 2.03. The topological polar surface area (TPSA) is 37.3 Å². The second-order valence-corrected chi connectivity index (χ2v) is 3.64. The molecule has 0 saturated carbocycles. The van der Waals surface area contributed by atoms with Crippen LogP contribution in [0.4, 0.5) is 0 Å². The van der Waals surface area contributed by atoms with Crippen LogP contribution in [-0.4, -0.2) is 11.1 Å². The molecule has 0 spiro atoms. The normalized spacial score (nSPS) is 18.2. The maximum atomic E-state index is 10.6. The summed E-state index contributed by atoms with van der Waals surface area (Å²) in [4.78, 5) is 10.6. The van der Waals surface area contributed by atoms with Crippen LogP contribution >= 0.6 is 0 Å². The Morgan fingerprint density at radius 2 is 2.29 bits per heavy atom. The number of aliphatic carboxylic acids is 1. The third-order valence-corrected chi connectivity index (χ3v) is 2.63. The number of allylic oxidation sites excluding steroid dienone is 1. The summed E-state index contributed by atoms with van der Waals surface area (Å²) in [6.45, 7) is 2.03. The van der Waals surface area contributed by atoms with Gasteiger partial charge in [-0.25, -0.2) is 0 Å². The van der Waals surface area contributed by atoms with E-state index in [1.54, 1.807) is 0 Å². The zero-order chi connectivity index (χ0) is 10.1. The fraction of sp³-hybridized carbons (Fsp3) is 0.250. The molecule has 1 atom stereocenters. The van der Waals surface area contributed by atoms with Crippen molar-refractivity contribution in [2.75, 3.05) is 0 Å². The molecule has 2 rings (SSSR count). The van der Waals surface area contributed by atoms with Crippen LogP contribution in [-0.2, 0) is 4.79 Å². The van der Waals surface area contributed by atoms with E-state index < -0.39 is 5.97 Å². The Bertz CT molecular complexity index is 405. The third kappa shape index (κ3) is 1.43. The SMILES string of the molecule is Cc1cccc2c1C(CC(=O)O)C=C2. The van der Waals surface area contributed by atoms with Gasteiger partial charge in [0.15, 0.2) is 0 Å². The highest BCUT2D eigenvalue weighted by molar-refractivity contribution is 5.73. The van der Waals surface area contributed by atoms with E-state index in [-0.39, 0.29) is 12.3 Å². The molecular weight excluding hydrogens is 176 g/mol. The summed E-state index contributed by atoms with van der Waals surface area (Å²) in [7, 11) is 0. The molecule has 1 N–H and O–H groups in total. The van der Waals surface area contributed by atoms with Crippen LogP contribution in [0.5, 0.6) is 0 Å². The lowest BCUT2D eigenvalue weighted by Crippen LogP contribution is -2.04. The van der Waals surface area contributed by atoms with Crippen molar-refractivity contribution >= 4 is 12.0 Å². The van der Waals surface area contributed by atoms with Gasteiger partial charge in [-0.3, -0.25) is 4.79 Å². The number of carbonyl (C=O) groups is 1. The first-order valence-electron chi connectivity index (χ1n) is 4.68. The Hall–Kier alpha value is -1.57. The van der Waals surface area contributed by atoms with Crippen LogP contribution in [0, 0.1) is 6.92 Å². The molecule has 72 valence electrons. The van der Waals surface area contributed by atoms with Crippen molar-refractivity contribution in [3.8, 4) is 0 Å². The van der Waals surface area contributed by atoms with Crippen molar-refractivity contribution in [2.24, 2.45) is 0 Å². The number of hydrogen-bond donors (Lipinski definition) is 1. The summed E-state index contributed by atoms with van der Waals surface area (Å²) in [5.41, 5.74) is 3.52. The van der Waals surface area contributed by atoms with Gasteiger partial charge in [0.1, 0.15) is 0 Å². The lowest BCUT2D eigenvalue weighted by Gasteiger charge is -2.11. The lowest BCUT2D eigenvalue weighted by atomic mass is 9.93. The second kappa shape index (κ2) is 3.29. The quantitative estimate of drug-likeness (QED) is 0.774. The van der Waals surface area contributed by atoms with Crippen molar-refractivity contribution in [1.29, 1.82) is 0 Å². The number of benzene rings is 1. The summed E-state index contributed by atoms with van der Waals surface area (Å²) in [6.07, 6.45) is 4.18. The van der Waals surface area contributed by atoms with E-state index in [2.05, 4.69) is 0 Å². The molecule has 1 aliphatic rings. The van der Waals surface area contributed by atoms with Crippen LogP contribution in [0.25, 0.3) is 6.08 Å². The van der Waals surface area contributed by atoms with E-state index in [1.165, 1.54) is 11.1 Å². The first-order valence-corrected chi connectivity index (χ1v) is 4.68. The summed E-state index contributed by atoms with van der Waals surface area (Å²) < 4.78 is 0. The van der Waals surface area contributed by atoms with Gasteiger partial charge in [-0.15, -0.1) is 0 Å². The molecule has 1 unspecified atom stereocenters. The number of fused-ring (bicyclic) bond motifs is 1. The Kier molecular flexibility index (Phi) is 2.12. The third-order valence-electron chi connectivity index (χ3n) is 2.63. The molecule has 2 heteroatoms. The number of carboxylic acids is 1. The smallest absolute Gasteiger partial charge is 0.304 e. The summed E-state index contributed by atoms with van der Waals surface area (Å²) >= 11 is 0. The van der Waals surface area contributed by atoms with E-state index in [9.17, 15) is 4.79 Å². The second-order valence-electron chi connectivity index (χ2n) is 3.64. The predicted molar refractivity (Wildman–Crippen MR) is 55.2 cm³/mol. The summed E-state index contributed by atoms with van der Waals surface area (Å²) in [5, 5.41) is 8.76. The molecule has 1 aromatic rings. The molecule has 0 radical (unpaired) electrons. The van der Waals surface area contributed by atoms with Gasteiger partial charge in [-0.2, -0.15) is 0 Å². The Morgan fingerprint density at radius 3 is 3.00 bits per heavy atom. The largest absolute Gasteiger partial charge is 0.481 e. The van der Waals surface area contributed by atoms with Crippen molar-refractivity contribution < 1.29 is 9.90 Å². The molecule has 2 nitrogen and oxygen atoms in total. The Morgan fingerprint density at radius 1 is 1.50 bits per heavy atom. The molecule has 0 heterocycles. The molecule has 0 saturated heterocycles. The zero-order valence-electron chi connectivity index (χ0n) is 8.03. The van der Waals surface area contributed by atoms with E-state index in [0.717, 1.165) is 5.56 Å². The van der Waals surface area contributed by atoms with Crippen molar-refractivity contribution in [2.45, 2.75) is 19.3 Å². The average Bonchev–Trinajstić information content (AvgIpc) is 2.49. The number of aryl methyl sites for hydroxylation is 1. The van der Waals surface area contributed by atoms with Crippen LogP contribution < -0.4 is 0 Å². The Labute approximate surface area is 82.9 Å². The predicted octanol–water partition coefficient (Wildman–Crippen LogP) is 2.58. The molecule has 0 aromatic heterocycles. The van der Waals surface area contributed by atoms with Crippen molar-refractivity contribution in [3.63, 3.8) is 0 Å². The highest BCUT2D eigenvalue weighted by Gasteiger charge is 2.21. The minimum absolute atomic E-state index is 0.0590. The van der Waals surface area contributed by atoms with Gasteiger partial charge >= 0.3 is 5.97 Å². The Balaban J connectivity index is 2.37. The van der Waals surface area contributed by atoms with Gasteiger partial charge in [0, 0.05) is 5.92 Å². The fourth-order valence-electron chi connectivity index (χ4n) is 2.03. The zero-order valence-corrected chi connectivity index (χ0v) is 8.03. The maximum absolute atomic E-state index is 10.6. The van der Waals surface area contributed by atoms with E-state index in [4.69, 9.17) is 5.11 Å². The van der Waals surface area contributed by atoms with Crippen LogP contribution in [0.3, 0.4) is 0 Å². The molecule has 0 aliphatic heterocycles. The van der Waals surface area contributed by atoms with Crippen LogP contribution in [0.2, 0.25) is 0 Å². The van der Waals surface area contributed by atoms with Gasteiger partial charge in [-0.1, -0.05) is 30.4 Å². The maximum Gasteiger partial charge on any atom is 0.304 e. The molecule has 1 aliphatic carbocycles. The molecule has 1 aromatic carbocycles. The van der Waals surface area contributed by atoms with Gasteiger partial charge in [0.05, 0.1) is 6.42 Å². The molecule has 14 heavy (non-hydrogen) atoms. The summed E-state index contributed by atoms with van der Waals surface area (Å²) in [5.74, 6) is -0.681. The summed E-state index contributed by atoms with van der Waals surface area (Å²) in [6, 6.07) is 6.06. The highest BCUT2D eigenvalue weighted by atomic mass is 16.4. The first-order chi connectivity index (χ1) is 6.68. The van der Waals surface area contributed by atoms with Crippen molar-refractivity contribution in [3.05, 3.63) is 41.0 Å². The monoisotopic (exact) mass is 188 g/mol. The van der Waals surface area contributed by atoms with Gasteiger partial charge in [0.2, 0.25) is 0 Å². The minimum atomic E-state index is -0.740.